The molecule has 2 saturated heterocycles. The molecule has 3 aliphatic rings. The summed E-state index contributed by atoms with van der Waals surface area (Å²) >= 11 is 7.78. The fourth-order valence-corrected chi connectivity index (χ4v) is 6.58. The molecule has 2 aromatic rings. The summed E-state index contributed by atoms with van der Waals surface area (Å²) in [6, 6.07) is 6.22. The summed E-state index contributed by atoms with van der Waals surface area (Å²) in [4.78, 5) is 46.6. The highest BCUT2D eigenvalue weighted by Crippen LogP contribution is 2.35. The Balaban J connectivity index is 1.37. The Morgan fingerprint density at radius 2 is 2.06 bits per heavy atom. The second kappa shape index (κ2) is 9.16. The molecule has 2 amide bonds. The van der Waals surface area contributed by atoms with Gasteiger partial charge in [-0.1, -0.05) is 18.9 Å². The number of nitrogens with one attached hydrogen (secondary N) is 1. The number of thiophene rings is 1. The first-order chi connectivity index (χ1) is 15.9. The number of hydrogen-bond donors (Lipinski definition) is 1. The van der Waals surface area contributed by atoms with Crippen molar-refractivity contribution in [2.24, 2.45) is 5.92 Å². The number of halogens is 1. The van der Waals surface area contributed by atoms with Crippen molar-refractivity contribution in [1.29, 1.82) is 0 Å². The van der Waals surface area contributed by atoms with Gasteiger partial charge in [-0.15, -0.1) is 22.9 Å². The number of hydrogen-bond acceptors (Lipinski definition) is 6. The average molecular weight is 488 g/mol. The van der Waals surface area contributed by atoms with Gasteiger partial charge >= 0.3 is 0 Å². The largest absolute Gasteiger partial charge is 0.366 e. The molecule has 0 radical (unpaired) electrons. The normalized spacial score (nSPS) is 25.9. The van der Waals surface area contributed by atoms with Crippen LogP contribution in [0, 0.1) is 12.8 Å². The predicted molar refractivity (Wildman–Crippen MR) is 125 cm³/mol. The molecule has 33 heavy (non-hydrogen) atoms. The number of pyridine rings is 1. The Morgan fingerprint density at radius 1 is 1.27 bits per heavy atom. The Morgan fingerprint density at radius 3 is 2.82 bits per heavy atom. The topological polar surface area (TPSA) is 88.6 Å². The molecule has 1 aliphatic carbocycles. The lowest BCUT2D eigenvalue weighted by molar-refractivity contribution is -0.139. The third-order valence-corrected chi connectivity index (χ3v) is 8.44. The van der Waals surface area contributed by atoms with Gasteiger partial charge in [-0.2, -0.15) is 0 Å². The zero-order valence-corrected chi connectivity index (χ0v) is 19.9. The van der Waals surface area contributed by atoms with Crippen LogP contribution in [0.15, 0.2) is 30.5 Å². The number of likely N-dealkylation sites (tertiary alicyclic amines) is 1. The van der Waals surface area contributed by atoms with Crippen molar-refractivity contribution in [3.8, 4) is 10.4 Å². The molecule has 3 fully saturated rings. The number of nitrogens with zero attached hydrogens (tertiary/aromatic N) is 2. The van der Waals surface area contributed by atoms with Gasteiger partial charge in [0.2, 0.25) is 5.91 Å². The van der Waals surface area contributed by atoms with Gasteiger partial charge in [0.15, 0.2) is 5.78 Å². The molecule has 0 bridgehead atoms. The monoisotopic (exact) mass is 487 g/mol. The standard InChI is InChI=1S/C24H26ClN3O4S/c1-13-15(7-4-10-26-13)18-8-9-19(33-18)23(30)27-20(14-5-2-3-6-14)24(31)28-11-16(25)22-21(28)17(29)12-32-22/h4,7-10,14,16,20-22H,2-3,5-6,11-12H2,1H3,(H,27,30)/t16-,20-,21+,22+/m0/s1. The van der Waals surface area contributed by atoms with Gasteiger partial charge in [0.25, 0.3) is 5.91 Å². The van der Waals surface area contributed by atoms with Crippen LogP contribution in [0.2, 0.25) is 0 Å². The second-order valence-corrected chi connectivity index (χ2v) is 10.6. The number of carbonyl (C=O) groups excluding carboxylic acids is 3. The molecular weight excluding hydrogens is 462 g/mol. The van der Waals surface area contributed by atoms with E-state index in [1.54, 1.807) is 17.2 Å². The van der Waals surface area contributed by atoms with Gasteiger partial charge in [0.1, 0.15) is 24.8 Å². The van der Waals surface area contributed by atoms with Crippen molar-refractivity contribution in [3.05, 3.63) is 41.0 Å². The van der Waals surface area contributed by atoms with Crippen LogP contribution >= 0.6 is 22.9 Å². The zero-order chi connectivity index (χ0) is 23.1. The van der Waals surface area contributed by atoms with Crippen molar-refractivity contribution in [2.75, 3.05) is 13.2 Å². The average Bonchev–Trinajstić information content (AvgIpc) is 3.59. The molecule has 0 spiro atoms. The fraction of sp³-hybridized carbons (Fsp3) is 0.500. The van der Waals surface area contributed by atoms with Crippen LogP contribution in [0.1, 0.15) is 41.0 Å². The lowest BCUT2D eigenvalue weighted by Gasteiger charge is -2.30. The molecule has 0 unspecified atom stereocenters. The maximum Gasteiger partial charge on any atom is 0.262 e. The van der Waals surface area contributed by atoms with Gasteiger partial charge in [0.05, 0.1) is 10.3 Å². The highest BCUT2D eigenvalue weighted by molar-refractivity contribution is 7.17. The molecule has 2 aliphatic heterocycles. The molecule has 0 aromatic carbocycles. The SMILES string of the molecule is Cc1ncccc1-c1ccc(C(=O)N[C@H](C(=O)N2C[C@H](Cl)[C@H]3OCC(=O)[C@H]32)C2CCCC2)s1. The molecule has 7 nitrogen and oxygen atoms in total. The minimum absolute atomic E-state index is 0.0193. The van der Waals surface area contributed by atoms with Crippen molar-refractivity contribution < 1.29 is 19.1 Å². The molecule has 5 rings (SSSR count). The van der Waals surface area contributed by atoms with Crippen LogP contribution < -0.4 is 5.32 Å². The van der Waals surface area contributed by atoms with E-state index in [1.807, 2.05) is 25.1 Å². The lowest BCUT2D eigenvalue weighted by atomic mass is 9.96. The molecule has 4 heterocycles. The summed E-state index contributed by atoms with van der Waals surface area (Å²) in [7, 11) is 0. The smallest absolute Gasteiger partial charge is 0.262 e. The van der Waals surface area contributed by atoms with Crippen LogP contribution in [0.4, 0.5) is 0 Å². The molecule has 1 N–H and O–H groups in total. The van der Waals surface area contributed by atoms with Crippen molar-refractivity contribution in [1.82, 2.24) is 15.2 Å². The van der Waals surface area contributed by atoms with Gasteiger partial charge in [-0.3, -0.25) is 19.4 Å². The van der Waals surface area contributed by atoms with Crippen molar-refractivity contribution in [3.63, 3.8) is 0 Å². The van der Waals surface area contributed by atoms with E-state index < -0.39 is 23.6 Å². The second-order valence-electron chi connectivity index (χ2n) is 8.99. The van der Waals surface area contributed by atoms with E-state index in [9.17, 15) is 14.4 Å². The number of fused-ring (bicyclic) bond motifs is 1. The van der Waals surface area contributed by atoms with Gasteiger partial charge in [-0.05, 0) is 43.9 Å². The maximum absolute atomic E-state index is 13.6. The zero-order valence-electron chi connectivity index (χ0n) is 18.3. The highest BCUT2D eigenvalue weighted by atomic mass is 35.5. The van der Waals surface area contributed by atoms with Gasteiger partial charge in [0, 0.05) is 28.9 Å². The van der Waals surface area contributed by atoms with Crippen LogP contribution in [-0.4, -0.2) is 64.2 Å². The Hall–Kier alpha value is -2.29. The first kappa shape index (κ1) is 22.5. The quantitative estimate of drug-likeness (QED) is 0.654. The van der Waals surface area contributed by atoms with E-state index in [0.717, 1.165) is 41.8 Å². The summed E-state index contributed by atoms with van der Waals surface area (Å²) in [5.41, 5.74) is 1.88. The molecule has 174 valence electrons. The van der Waals surface area contributed by atoms with E-state index in [4.69, 9.17) is 16.3 Å². The Kier molecular flexibility index (Phi) is 6.24. The molecule has 9 heteroatoms. The Bertz CT molecular complexity index is 1080. The molecule has 1 saturated carbocycles. The number of alkyl halides is 1. The lowest BCUT2D eigenvalue weighted by Crippen LogP contribution is -2.54. The third kappa shape index (κ3) is 4.20. The number of Topliss-reactive ketones (excluding diaryl/α,β-unsaturated/α-hetero) is 1. The van der Waals surface area contributed by atoms with E-state index >= 15 is 0 Å². The number of aryl methyl sites for hydroxylation is 1. The summed E-state index contributed by atoms with van der Waals surface area (Å²) < 4.78 is 5.53. The first-order valence-electron chi connectivity index (χ1n) is 11.4. The Labute approximate surface area is 201 Å². The first-order valence-corrected chi connectivity index (χ1v) is 12.6. The van der Waals surface area contributed by atoms with E-state index in [-0.39, 0.29) is 36.7 Å². The van der Waals surface area contributed by atoms with Gasteiger partial charge < -0.3 is 15.0 Å². The number of ketones is 1. The van der Waals surface area contributed by atoms with Crippen LogP contribution in [-0.2, 0) is 14.3 Å². The third-order valence-electron chi connectivity index (χ3n) is 6.93. The number of amides is 2. The van der Waals surface area contributed by atoms with E-state index in [1.165, 1.54) is 11.3 Å². The predicted octanol–water partition coefficient (Wildman–Crippen LogP) is 3.19. The number of aromatic nitrogens is 1. The molecular formula is C24H26ClN3O4S. The number of ether oxygens (including phenoxy) is 1. The summed E-state index contributed by atoms with van der Waals surface area (Å²) in [5.74, 6) is -0.577. The fourth-order valence-electron chi connectivity index (χ4n) is 5.24. The number of rotatable bonds is 5. The van der Waals surface area contributed by atoms with E-state index in [2.05, 4.69) is 10.3 Å². The summed E-state index contributed by atoms with van der Waals surface area (Å²) in [6.45, 7) is 2.17. The minimum Gasteiger partial charge on any atom is -0.366 e. The minimum atomic E-state index is -0.679. The highest BCUT2D eigenvalue weighted by Gasteiger charge is 2.53. The maximum atomic E-state index is 13.6. The van der Waals surface area contributed by atoms with Crippen LogP contribution in [0.25, 0.3) is 10.4 Å². The van der Waals surface area contributed by atoms with E-state index in [0.29, 0.717) is 4.88 Å². The van der Waals surface area contributed by atoms with Crippen LogP contribution in [0.5, 0.6) is 0 Å². The summed E-state index contributed by atoms with van der Waals surface area (Å²) in [5, 5.41) is 2.59. The molecule has 4 atom stereocenters. The molecule has 2 aromatic heterocycles. The van der Waals surface area contributed by atoms with Crippen molar-refractivity contribution in [2.45, 2.75) is 56.2 Å². The van der Waals surface area contributed by atoms with Crippen molar-refractivity contribution >= 4 is 40.5 Å². The van der Waals surface area contributed by atoms with Crippen LogP contribution in [0.3, 0.4) is 0 Å². The summed E-state index contributed by atoms with van der Waals surface area (Å²) in [6.07, 6.45) is 5.08. The van der Waals surface area contributed by atoms with Gasteiger partial charge in [-0.25, -0.2) is 0 Å². The number of carbonyl (C=O) groups is 3.